The van der Waals surface area contributed by atoms with Crippen LogP contribution in [0, 0.1) is 0 Å². The number of aromatic nitrogens is 4. The third kappa shape index (κ3) is 3.85. The molecule has 4 aromatic rings. The van der Waals surface area contributed by atoms with Gasteiger partial charge in [-0.25, -0.2) is 4.98 Å². The number of hydrogen-bond donors (Lipinski definition) is 1. The number of carbonyl (C=O) groups is 1. The summed E-state index contributed by atoms with van der Waals surface area (Å²) in [5, 5.41) is 14.0. The van der Waals surface area contributed by atoms with Crippen molar-refractivity contribution in [3.8, 4) is 22.8 Å². The Kier molecular flexibility index (Phi) is 5.27. The van der Waals surface area contributed by atoms with E-state index < -0.39 is 0 Å². The van der Waals surface area contributed by atoms with Crippen LogP contribution in [0.15, 0.2) is 63.7 Å². The molecular weight excluding hydrogens is 394 g/mol. The molecule has 28 heavy (non-hydrogen) atoms. The molecule has 0 spiro atoms. The lowest BCUT2D eigenvalue weighted by molar-refractivity contribution is -0.115. The van der Waals surface area contributed by atoms with E-state index in [1.165, 1.54) is 23.1 Å². The van der Waals surface area contributed by atoms with Crippen molar-refractivity contribution in [3.05, 3.63) is 54.1 Å². The Morgan fingerprint density at radius 1 is 1.21 bits per heavy atom. The SMILES string of the molecule is C[C@@H](Sc1nnc(-c2ccco2)n1C)C(=O)Nc1nc(-c2ccccc2)cs1. The highest BCUT2D eigenvalue weighted by molar-refractivity contribution is 8.00. The summed E-state index contributed by atoms with van der Waals surface area (Å²) in [5.74, 6) is 1.12. The summed E-state index contributed by atoms with van der Waals surface area (Å²) >= 11 is 2.74. The molecular formula is C19H17N5O2S2. The topological polar surface area (TPSA) is 85.8 Å². The van der Waals surface area contributed by atoms with E-state index in [-0.39, 0.29) is 11.2 Å². The maximum absolute atomic E-state index is 12.6. The summed E-state index contributed by atoms with van der Waals surface area (Å²) in [5.41, 5.74) is 1.86. The summed E-state index contributed by atoms with van der Waals surface area (Å²) in [4.78, 5) is 17.1. The highest BCUT2D eigenvalue weighted by Gasteiger charge is 2.21. The molecule has 7 nitrogen and oxygen atoms in total. The van der Waals surface area contributed by atoms with Crippen LogP contribution in [0.2, 0.25) is 0 Å². The van der Waals surface area contributed by atoms with E-state index in [4.69, 9.17) is 4.42 Å². The molecule has 0 fully saturated rings. The third-order valence-corrected chi connectivity index (χ3v) is 5.92. The quantitative estimate of drug-likeness (QED) is 0.476. The van der Waals surface area contributed by atoms with Gasteiger partial charge in [0.2, 0.25) is 5.91 Å². The molecule has 1 atom stereocenters. The molecule has 0 aliphatic rings. The number of thioether (sulfide) groups is 1. The van der Waals surface area contributed by atoms with Gasteiger partial charge >= 0.3 is 0 Å². The van der Waals surface area contributed by atoms with Crippen molar-refractivity contribution in [2.45, 2.75) is 17.3 Å². The zero-order chi connectivity index (χ0) is 19.5. The molecule has 1 amide bonds. The highest BCUT2D eigenvalue weighted by atomic mass is 32.2. The first-order valence-corrected chi connectivity index (χ1v) is 10.3. The number of thiazole rings is 1. The second-order valence-electron chi connectivity index (χ2n) is 6.00. The number of carbonyl (C=O) groups excluding carboxylic acids is 1. The fourth-order valence-corrected chi connectivity index (χ4v) is 4.07. The zero-order valence-corrected chi connectivity index (χ0v) is 16.8. The molecule has 0 aliphatic carbocycles. The predicted molar refractivity (Wildman–Crippen MR) is 110 cm³/mol. The van der Waals surface area contributed by atoms with Crippen LogP contribution in [0.5, 0.6) is 0 Å². The predicted octanol–water partition coefficient (Wildman–Crippen LogP) is 4.32. The first-order valence-electron chi connectivity index (χ1n) is 8.53. The van der Waals surface area contributed by atoms with Crippen molar-refractivity contribution in [1.82, 2.24) is 19.7 Å². The maximum Gasteiger partial charge on any atom is 0.239 e. The van der Waals surface area contributed by atoms with Gasteiger partial charge in [0.25, 0.3) is 0 Å². The Morgan fingerprint density at radius 3 is 2.79 bits per heavy atom. The van der Waals surface area contributed by atoms with Gasteiger partial charge in [-0.15, -0.1) is 21.5 Å². The largest absolute Gasteiger partial charge is 0.461 e. The molecule has 0 saturated carbocycles. The third-order valence-electron chi connectivity index (χ3n) is 4.03. The number of amides is 1. The van der Waals surface area contributed by atoms with Crippen LogP contribution in [0.25, 0.3) is 22.8 Å². The molecule has 0 radical (unpaired) electrons. The lowest BCUT2D eigenvalue weighted by Gasteiger charge is -2.09. The molecule has 142 valence electrons. The first-order chi connectivity index (χ1) is 13.6. The molecule has 0 bridgehead atoms. The van der Waals surface area contributed by atoms with Crippen LogP contribution < -0.4 is 5.32 Å². The Balaban J connectivity index is 1.41. The van der Waals surface area contributed by atoms with Crippen molar-refractivity contribution < 1.29 is 9.21 Å². The Hall–Kier alpha value is -2.91. The Labute approximate surface area is 169 Å². The molecule has 3 heterocycles. The van der Waals surface area contributed by atoms with Crippen LogP contribution in [-0.2, 0) is 11.8 Å². The summed E-state index contributed by atoms with van der Waals surface area (Å²) in [6, 6.07) is 13.5. The van der Waals surface area contributed by atoms with E-state index in [9.17, 15) is 4.79 Å². The second kappa shape index (κ2) is 7.99. The Morgan fingerprint density at radius 2 is 2.04 bits per heavy atom. The summed E-state index contributed by atoms with van der Waals surface area (Å²) in [6.07, 6.45) is 1.59. The molecule has 0 aliphatic heterocycles. The summed E-state index contributed by atoms with van der Waals surface area (Å²) < 4.78 is 7.17. The van der Waals surface area contributed by atoms with Crippen LogP contribution in [-0.4, -0.2) is 30.9 Å². The number of nitrogens with zero attached hydrogens (tertiary/aromatic N) is 4. The maximum atomic E-state index is 12.6. The van der Waals surface area contributed by atoms with E-state index in [0.29, 0.717) is 21.9 Å². The first kappa shape index (κ1) is 18.5. The minimum Gasteiger partial charge on any atom is -0.461 e. The lowest BCUT2D eigenvalue weighted by Crippen LogP contribution is -2.22. The average Bonchev–Trinajstić information content (AvgIpc) is 3.45. The molecule has 0 saturated heterocycles. The fourth-order valence-electron chi connectivity index (χ4n) is 2.53. The van der Waals surface area contributed by atoms with Gasteiger partial charge in [-0.2, -0.15) is 0 Å². The number of benzene rings is 1. The van der Waals surface area contributed by atoms with Crippen molar-refractivity contribution in [1.29, 1.82) is 0 Å². The van der Waals surface area contributed by atoms with Crippen LogP contribution in [0.3, 0.4) is 0 Å². The fraction of sp³-hybridized carbons (Fsp3) is 0.158. The van der Waals surface area contributed by atoms with Gasteiger partial charge in [0.15, 0.2) is 21.9 Å². The molecule has 0 unspecified atom stereocenters. The normalized spacial score (nSPS) is 12.1. The van der Waals surface area contributed by atoms with Crippen LogP contribution in [0.4, 0.5) is 5.13 Å². The van der Waals surface area contributed by atoms with E-state index in [1.54, 1.807) is 12.3 Å². The van der Waals surface area contributed by atoms with Gasteiger partial charge in [-0.1, -0.05) is 42.1 Å². The zero-order valence-electron chi connectivity index (χ0n) is 15.2. The molecule has 9 heteroatoms. The number of anilines is 1. The van der Waals surface area contributed by atoms with Crippen LogP contribution >= 0.6 is 23.1 Å². The average molecular weight is 412 g/mol. The molecule has 4 rings (SSSR count). The summed E-state index contributed by atoms with van der Waals surface area (Å²) in [7, 11) is 1.85. The van der Waals surface area contributed by atoms with Gasteiger partial charge < -0.3 is 14.3 Å². The Bertz CT molecular complexity index is 1070. The van der Waals surface area contributed by atoms with Crippen molar-refractivity contribution in [3.63, 3.8) is 0 Å². The number of rotatable bonds is 6. The second-order valence-corrected chi connectivity index (χ2v) is 8.16. The molecule has 1 aromatic carbocycles. The van der Waals surface area contributed by atoms with Gasteiger partial charge in [0.1, 0.15) is 0 Å². The van der Waals surface area contributed by atoms with Crippen molar-refractivity contribution in [2.75, 3.05) is 5.32 Å². The van der Waals surface area contributed by atoms with Gasteiger partial charge in [0.05, 0.1) is 17.2 Å². The van der Waals surface area contributed by atoms with E-state index in [2.05, 4.69) is 20.5 Å². The molecule has 3 aromatic heterocycles. The molecule has 1 N–H and O–H groups in total. The van der Waals surface area contributed by atoms with Crippen molar-refractivity contribution >= 4 is 34.1 Å². The van der Waals surface area contributed by atoms with E-state index in [1.807, 2.05) is 60.3 Å². The van der Waals surface area contributed by atoms with Gasteiger partial charge in [-0.3, -0.25) is 4.79 Å². The van der Waals surface area contributed by atoms with Crippen molar-refractivity contribution in [2.24, 2.45) is 7.05 Å². The number of nitrogens with one attached hydrogen (secondary N) is 1. The van der Waals surface area contributed by atoms with E-state index in [0.717, 1.165) is 11.3 Å². The smallest absolute Gasteiger partial charge is 0.239 e. The minimum absolute atomic E-state index is 0.137. The monoisotopic (exact) mass is 411 g/mol. The number of hydrogen-bond acceptors (Lipinski definition) is 7. The minimum atomic E-state index is -0.364. The van der Waals surface area contributed by atoms with E-state index >= 15 is 0 Å². The lowest BCUT2D eigenvalue weighted by atomic mass is 10.2. The summed E-state index contributed by atoms with van der Waals surface area (Å²) in [6.45, 7) is 1.83. The van der Waals surface area contributed by atoms with Gasteiger partial charge in [-0.05, 0) is 19.1 Å². The number of furan rings is 1. The van der Waals surface area contributed by atoms with Crippen LogP contribution in [0.1, 0.15) is 6.92 Å². The standard InChI is InChI=1S/C19H17N5O2S2/c1-12(28-19-23-22-16(24(19)2)15-9-6-10-26-15)17(25)21-18-20-14(11-27-18)13-7-4-3-5-8-13/h3-12H,1-2H3,(H,20,21,25)/t12-/m1/s1. The van der Waals surface area contributed by atoms with Gasteiger partial charge in [0, 0.05) is 18.0 Å². The highest BCUT2D eigenvalue weighted by Crippen LogP contribution is 2.28.